The number of thioether (sulfide) groups is 1. The van der Waals surface area contributed by atoms with Crippen molar-refractivity contribution in [3.63, 3.8) is 0 Å². The van der Waals surface area contributed by atoms with Gasteiger partial charge in [-0.2, -0.15) is 0 Å². The van der Waals surface area contributed by atoms with Crippen LogP contribution in [0.3, 0.4) is 0 Å². The van der Waals surface area contributed by atoms with E-state index in [1.807, 2.05) is 38.1 Å². The van der Waals surface area contributed by atoms with E-state index >= 15 is 0 Å². The lowest BCUT2D eigenvalue weighted by molar-refractivity contribution is -0.119. The molecular weight excluding hydrogens is 322 g/mol. The monoisotopic (exact) mass is 343 g/mol. The Kier molecular flexibility index (Phi) is 4.71. The van der Waals surface area contributed by atoms with Crippen LogP contribution in [0, 0.1) is 0 Å². The Labute approximate surface area is 145 Å². The number of hydrogen-bond donors (Lipinski definition) is 1. The molecular formula is C17H21N5OS. The van der Waals surface area contributed by atoms with Gasteiger partial charge in [0.1, 0.15) is 10.9 Å². The lowest BCUT2D eigenvalue weighted by atomic mass is 10.2. The van der Waals surface area contributed by atoms with E-state index in [0.29, 0.717) is 11.4 Å². The average molecular weight is 343 g/mol. The summed E-state index contributed by atoms with van der Waals surface area (Å²) in [5.41, 5.74) is 2.57. The fraction of sp³-hybridized carbons (Fsp3) is 0.412. The van der Waals surface area contributed by atoms with Gasteiger partial charge in [0.2, 0.25) is 5.91 Å². The third-order valence-electron chi connectivity index (χ3n) is 3.53. The second-order valence-electron chi connectivity index (χ2n) is 6.29. The van der Waals surface area contributed by atoms with Crippen molar-refractivity contribution in [3.8, 4) is 0 Å². The molecule has 3 rings (SSSR count). The third kappa shape index (κ3) is 3.21. The van der Waals surface area contributed by atoms with E-state index in [1.54, 1.807) is 0 Å². The number of carbonyl (C=O) groups is 1. The van der Waals surface area contributed by atoms with Crippen LogP contribution in [0.5, 0.6) is 0 Å². The SMILES string of the molecule is CC(C)NC(=O)CSc1nc2ccccc2n2c(C(C)C)nnc12. The molecule has 0 radical (unpaired) electrons. The minimum atomic E-state index is -0.00768. The quantitative estimate of drug-likeness (QED) is 0.721. The number of benzene rings is 1. The Morgan fingerprint density at radius 1 is 1.21 bits per heavy atom. The van der Waals surface area contributed by atoms with Crippen LogP contribution >= 0.6 is 11.8 Å². The second kappa shape index (κ2) is 6.76. The molecule has 7 heteroatoms. The summed E-state index contributed by atoms with van der Waals surface area (Å²) in [4.78, 5) is 16.6. The maximum absolute atomic E-state index is 11.9. The zero-order valence-corrected chi connectivity index (χ0v) is 15.1. The van der Waals surface area contributed by atoms with Crippen molar-refractivity contribution in [2.45, 2.75) is 44.7 Å². The summed E-state index contributed by atoms with van der Waals surface area (Å²) in [6.07, 6.45) is 0. The van der Waals surface area contributed by atoms with Crippen molar-refractivity contribution >= 4 is 34.3 Å². The second-order valence-corrected chi connectivity index (χ2v) is 7.25. The van der Waals surface area contributed by atoms with Crippen LogP contribution in [-0.2, 0) is 4.79 Å². The molecule has 0 unspecified atom stereocenters. The van der Waals surface area contributed by atoms with Gasteiger partial charge >= 0.3 is 0 Å². The highest BCUT2D eigenvalue weighted by molar-refractivity contribution is 8.00. The minimum absolute atomic E-state index is 0.00768. The highest BCUT2D eigenvalue weighted by atomic mass is 32.2. The number of rotatable bonds is 5. The van der Waals surface area contributed by atoms with Crippen molar-refractivity contribution in [3.05, 3.63) is 30.1 Å². The minimum Gasteiger partial charge on any atom is -0.353 e. The Hall–Kier alpha value is -2.15. The number of nitrogens with zero attached hydrogens (tertiary/aromatic N) is 4. The predicted molar refractivity (Wildman–Crippen MR) is 96.4 cm³/mol. The van der Waals surface area contributed by atoms with Crippen molar-refractivity contribution in [1.29, 1.82) is 0 Å². The van der Waals surface area contributed by atoms with Gasteiger partial charge in [-0.3, -0.25) is 9.20 Å². The molecule has 0 bridgehead atoms. The van der Waals surface area contributed by atoms with Gasteiger partial charge in [-0.25, -0.2) is 4.98 Å². The fourth-order valence-electron chi connectivity index (χ4n) is 2.55. The van der Waals surface area contributed by atoms with Crippen LogP contribution in [0.15, 0.2) is 29.3 Å². The highest BCUT2D eigenvalue weighted by Gasteiger charge is 2.18. The first-order valence-corrected chi connectivity index (χ1v) is 9.02. The molecule has 6 nitrogen and oxygen atoms in total. The summed E-state index contributed by atoms with van der Waals surface area (Å²) in [6, 6.07) is 8.06. The molecule has 24 heavy (non-hydrogen) atoms. The number of hydrogen-bond acceptors (Lipinski definition) is 5. The topological polar surface area (TPSA) is 72.2 Å². The molecule has 1 amide bonds. The number of fused-ring (bicyclic) bond motifs is 3. The van der Waals surface area contributed by atoms with E-state index in [4.69, 9.17) is 0 Å². The summed E-state index contributed by atoms with van der Waals surface area (Å²) >= 11 is 1.39. The number of nitrogens with one attached hydrogen (secondary N) is 1. The van der Waals surface area contributed by atoms with Gasteiger partial charge in [-0.15, -0.1) is 10.2 Å². The van der Waals surface area contributed by atoms with E-state index in [9.17, 15) is 4.79 Å². The zero-order valence-electron chi connectivity index (χ0n) is 14.3. The Morgan fingerprint density at radius 2 is 1.96 bits per heavy atom. The van der Waals surface area contributed by atoms with Gasteiger partial charge in [0.15, 0.2) is 5.65 Å². The van der Waals surface area contributed by atoms with Crippen LogP contribution in [0.25, 0.3) is 16.7 Å². The summed E-state index contributed by atoms with van der Waals surface area (Å²) in [6.45, 7) is 8.08. The van der Waals surface area contributed by atoms with Gasteiger partial charge in [0.05, 0.1) is 16.8 Å². The van der Waals surface area contributed by atoms with Gasteiger partial charge in [-0.05, 0) is 26.0 Å². The third-order valence-corrected chi connectivity index (χ3v) is 4.48. The molecule has 0 aliphatic heterocycles. The van der Waals surface area contributed by atoms with Gasteiger partial charge < -0.3 is 5.32 Å². The van der Waals surface area contributed by atoms with Crippen molar-refractivity contribution < 1.29 is 4.79 Å². The van der Waals surface area contributed by atoms with E-state index in [-0.39, 0.29) is 17.9 Å². The molecule has 1 aromatic carbocycles. The molecule has 1 N–H and O–H groups in total. The lowest BCUT2D eigenvalue weighted by Crippen LogP contribution is -2.31. The van der Waals surface area contributed by atoms with E-state index in [1.165, 1.54) is 11.8 Å². The largest absolute Gasteiger partial charge is 0.353 e. The molecule has 0 spiro atoms. The van der Waals surface area contributed by atoms with Crippen LogP contribution in [0.4, 0.5) is 0 Å². The maximum atomic E-state index is 11.9. The van der Waals surface area contributed by atoms with Crippen molar-refractivity contribution in [2.24, 2.45) is 0 Å². The molecule has 3 aromatic rings. The van der Waals surface area contributed by atoms with Crippen LogP contribution < -0.4 is 5.32 Å². The standard InChI is InChI=1S/C17H21N5OS/c1-10(2)15-20-21-16-17(24-9-14(23)18-11(3)4)19-12-7-5-6-8-13(12)22(15)16/h5-8,10-11H,9H2,1-4H3,(H,18,23). The smallest absolute Gasteiger partial charge is 0.230 e. The fourth-order valence-corrected chi connectivity index (χ4v) is 3.32. The first kappa shape index (κ1) is 16.7. The van der Waals surface area contributed by atoms with Gasteiger partial charge in [0.25, 0.3) is 0 Å². The zero-order chi connectivity index (χ0) is 17.3. The summed E-state index contributed by atoms with van der Waals surface area (Å²) in [7, 11) is 0. The summed E-state index contributed by atoms with van der Waals surface area (Å²) in [5, 5.41) is 12.3. The Balaban J connectivity index is 2.05. The predicted octanol–water partition coefficient (Wildman–Crippen LogP) is 3.02. The normalized spacial score (nSPS) is 11.8. The Morgan fingerprint density at radius 3 is 2.67 bits per heavy atom. The number of aromatic nitrogens is 4. The van der Waals surface area contributed by atoms with E-state index < -0.39 is 0 Å². The first-order valence-electron chi connectivity index (χ1n) is 8.03. The van der Waals surface area contributed by atoms with Gasteiger partial charge in [0, 0.05) is 12.0 Å². The Bertz CT molecular complexity index is 887. The van der Waals surface area contributed by atoms with Crippen molar-refractivity contribution in [2.75, 3.05) is 5.75 Å². The molecule has 2 heterocycles. The number of para-hydroxylation sites is 2. The molecule has 126 valence electrons. The molecule has 2 aromatic heterocycles. The number of carbonyl (C=O) groups excluding carboxylic acids is 1. The van der Waals surface area contributed by atoms with Gasteiger partial charge in [-0.1, -0.05) is 37.7 Å². The lowest BCUT2D eigenvalue weighted by Gasteiger charge is -2.10. The molecule has 0 aliphatic rings. The van der Waals surface area contributed by atoms with Crippen LogP contribution in [-0.4, -0.2) is 37.3 Å². The van der Waals surface area contributed by atoms with Crippen molar-refractivity contribution in [1.82, 2.24) is 24.9 Å². The maximum Gasteiger partial charge on any atom is 0.230 e. The molecule has 0 fully saturated rings. The number of amides is 1. The van der Waals surface area contributed by atoms with E-state index in [2.05, 4.69) is 38.7 Å². The van der Waals surface area contributed by atoms with Crippen LogP contribution in [0.2, 0.25) is 0 Å². The molecule has 0 atom stereocenters. The average Bonchev–Trinajstić information content (AvgIpc) is 2.97. The summed E-state index contributed by atoms with van der Waals surface area (Å²) < 4.78 is 2.05. The summed E-state index contributed by atoms with van der Waals surface area (Å²) in [5.74, 6) is 1.44. The molecule has 0 saturated heterocycles. The highest BCUT2D eigenvalue weighted by Crippen LogP contribution is 2.27. The van der Waals surface area contributed by atoms with Crippen LogP contribution in [0.1, 0.15) is 39.4 Å². The first-order chi connectivity index (χ1) is 11.5. The molecule has 0 aliphatic carbocycles. The molecule has 0 saturated carbocycles. The van der Waals surface area contributed by atoms with E-state index in [0.717, 1.165) is 21.9 Å².